The number of thioether (sulfide) groups is 1. The van der Waals surface area contributed by atoms with Gasteiger partial charge in [-0.25, -0.2) is 9.37 Å². The molecule has 60 valence electrons. The summed E-state index contributed by atoms with van der Waals surface area (Å²) in [5.41, 5.74) is 0. The van der Waals surface area contributed by atoms with E-state index in [1.54, 1.807) is 12.3 Å². The van der Waals surface area contributed by atoms with Crippen LogP contribution < -0.4 is 4.74 Å². The first-order valence-corrected chi connectivity index (χ1v) is 4.24. The highest BCUT2D eigenvalue weighted by molar-refractivity contribution is 7.98. The molecule has 0 saturated carbocycles. The fourth-order valence-electron chi connectivity index (χ4n) is 0.670. The standard InChI is InChI=1S/C7H8FNOS/c1-10-7-3-6(11-2)5(8)4-9-7/h3-4H,1-2H3. The minimum atomic E-state index is -0.307. The molecule has 4 heteroatoms. The van der Waals surface area contributed by atoms with Crippen molar-refractivity contribution >= 4 is 11.8 Å². The molecule has 1 aromatic heterocycles. The van der Waals surface area contributed by atoms with Crippen molar-refractivity contribution in [2.24, 2.45) is 0 Å². The van der Waals surface area contributed by atoms with Crippen molar-refractivity contribution in [2.45, 2.75) is 4.90 Å². The molecule has 0 spiro atoms. The van der Waals surface area contributed by atoms with E-state index in [9.17, 15) is 4.39 Å². The van der Waals surface area contributed by atoms with Gasteiger partial charge in [0.15, 0.2) is 5.82 Å². The summed E-state index contributed by atoms with van der Waals surface area (Å²) in [4.78, 5) is 4.25. The molecule has 0 aromatic carbocycles. The number of halogens is 1. The zero-order valence-corrected chi connectivity index (χ0v) is 7.11. The van der Waals surface area contributed by atoms with Gasteiger partial charge in [0.05, 0.1) is 13.3 Å². The predicted octanol–water partition coefficient (Wildman–Crippen LogP) is 1.95. The molecule has 0 aliphatic heterocycles. The van der Waals surface area contributed by atoms with Crippen molar-refractivity contribution in [3.8, 4) is 5.88 Å². The fourth-order valence-corrected chi connectivity index (χ4v) is 1.14. The normalized spacial score (nSPS) is 9.73. The van der Waals surface area contributed by atoms with Gasteiger partial charge in [0.2, 0.25) is 5.88 Å². The zero-order valence-electron chi connectivity index (χ0n) is 6.30. The van der Waals surface area contributed by atoms with Crippen molar-refractivity contribution in [3.05, 3.63) is 18.1 Å². The first-order chi connectivity index (χ1) is 5.27. The number of nitrogens with zero attached hydrogens (tertiary/aromatic N) is 1. The molecule has 1 heterocycles. The van der Waals surface area contributed by atoms with Crippen LogP contribution in [0.25, 0.3) is 0 Å². The van der Waals surface area contributed by atoms with Gasteiger partial charge in [-0.05, 0) is 6.26 Å². The van der Waals surface area contributed by atoms with Crippen LogP contribution in [-0.4, -0.2) is 18.3 Å². The van der Waals surface area contributed by atoms with Crippen LogP contribution in [-0.2, 0) is 0 Å². The first-order valence-electron chi connectivity index (χ1n) is 3.01. The van der Waals surface area contributed by atoms with Gasteiger partial charge >= 0.3 is 0 Å². The highest BCUT2D eigenvalue weighted by atomic mass is 32.2. The zero-order chi connectivity index (χ0) is 8.27. The summed E-state index contributed by atoms with van der Waals surface area (Å²) in [6, 6.07) is 1.57. The van der Waals surface area contributed by atoms with Crippen LogP contribution in [0.1, 0.15) is 0 Å². The lowest BCUT2D eigenvalue weighted by Crippen LogP contribution is -1.89. The average Bonchev–Trinajstić information content (AvgIpc) is 2.05. The van der Waals surface area contributed by atoms with Crippen molar-refractivity contribution in [2.75, 3.05) is 13.4 Å². The van der Waals surface area contributed by atoms with Crippen LogP contribution in [0, 0.1) is 5.82 Å². The summed E-state index contributed by atoms with van der Waals surface area (Å²) in [7, 11) is 1.50. The Bertz CT molecular complexity index is 254. The van der Waals surface area contributed by atoms with Crippen molar-refractivity contribution < 1.29 is 9.13 Å². The number of hydrogen-bond donors (Lipinski definition) is 0. The average molecular weight is 173 g/mol. The molecule has 0 aliphatic carbocycles. The van der Waals surface area contributed by atoms with Gasteiger partial charge in [0, 0.05) is 11.0 Å². The van der Waals surface area contributed by atoms with Crippen LogP contribution >= 0.6 is 11.8 Å². The highest BCUT2D eigenvalue weighted by Gasteiger charge is 2.02. The second kappa shape index (κ2) is 3.57. The van der Waals surface area contributed by atoms with E-state index in [4.69, 9.17) is 4.74 Å². The minimum Gasteiger partial charge on any atom is -0.481 e. The van der Waals surface area contributed by atoms with E-state index in [2.05, 4.69) is 4.98 Å². The minimum absolute atomic E-state index is 0.307. The second-order valence-corrected chi connectivity index (χ2v) is 2.71. The number of methoxy groups -OCH3 is 1. The molecule has 2 nitrogen and oxygen atoms in total. The summed E-state index contributed by atoms with van der Waals surface area (Å²) in [5.74, 6) is 0.133. The Morgan fingerprint density at radius 1 is 1.64 bits per heavy atom. The quantitative estimate of drug-likeness (QED) is 0.638. The van der Waals surface area contributed by atoms with E-state index < -0.39 is 0 Å². The predicted molar refractivity (Wildman–Crippen MR) is 42.5 cm³/mol. The third-order valence-electron chi connectivity index (χ3n) is 1.22. The molecular weight excluding hydrogens is 165 g/mol. The lowest BCUT2D eigenvalue weighted by molar-refractivity contribution is 0.393. The molecule has 11 heavy (non-hydrogen) atoms. The van der Waals surface area contributed by atoms with E-state index >= 15 is 0 Å². The molecule has 0 N–H and O–H groups in total. The van der Waals surface area contributed by atoms with E-state index in [0.717, 1.165) is 6.20 Å². The molecule has 0 unspecified atom stereocenters. The summed E-state index contributed by atoms with van der Waals surface area (Å²) < 4.78 is 17.6. The smallest absolute Gasteiger partial charge is 0.214 e. The molecule has 0 amide bonds. The maximum Gasteiger partial charge on any atom is 0.214 e. The summed E-state index contributed by atoms with van der Waals surface area (Å²) >= 11 is 1.33. The van der Waals surface area contributed by atoms with Gasteiger partial charge in [0.1, 0.15) is 0 Å². The van der Waals surface area contributed by atoms with Crippen LogP contribution in [0.15, 0.2) is 17.2 Å². The summed E-state index contributed by atoms with van der Waals surface area (Å²) in [6.45, 7) is 0. The van der Waals surface area contributed by atoms with Crippen LogP contribution in [0.2, 0.25) is 0 Å². The van der Waals surface area contributed by atoms with Gasteiger partial charge in [-0.15, -0.1) is 11.8 Å². The Hall–Kier alpha value is -0.770. The molecule has 0 aliphatic rings. The number of hydrogen-bond acceptors (Lipinski definition) is 3. The Morgan fingerprint density at radius 2 is 2.36 bits per heavy atom. The molecule has 1 rings (SSSR count). The largest absolute Gasteiger partial charge is 0.481 e. The molecule has 0 radical (unpaired) electrons. The van der Waals surface area contributed by atoms with E-state index in [1.807, 2.05) is 0 Å². The first kappa shape index (κ1) is 8.33. The molecule has 1 aromatic rings. The molecule has 0 fully saturated rings. The maximum absolute atomic E-state index is 12.8. The number of pyridine rings is 1. The number of ether oxygens (including phenoxy) is 1. The van der Waals surface area contributed by atoms with Crippen LogP contribution in [0.3, 0.4) is 0 Å². The monoisotopic (exact) mass is 173 g/mol. The van der Waals surface area contributed by atoms with Gasteiger partial charge in [-0.2, -0.15) is 0 Å². The number of aromatic nitrogens is 1. The summed E-state index contributed by atoms with van der Waals surface area (Å²) in [5, 5.41) is 0. The van der Waals surface area contributed by atoms with E-state index in [1.165, 1.54) is 18.9 Å². The van der Waals surface area contributed by atoms with Crippen molar-refractivity contribution in [3.63, 3.8) is 0 Å². The van der Waals surface area contributed by atoms with Crippen molar-refractivity contribution in [1.82, 2.24) is 4.98 Å². The van der Waals surface area contributed by atoms with Gasteiger partial charge < -0.3 is 4.74 Å². The highest BCUT2D eigenvalue weighted by Crippen LogP contribution is 2.21. The van der Waals surface area contributed by atoms with Crippen LogP contribution in [0.5, 0.6) is 5.88 Å². The maximum atomic E-state index is 12.8. The third-order valence-corrected chi connectivity index (χ3v) is 1.98. The Labute approximate surface area is 68.8 Å². The summed E-state index contributed by atoms with van der Waals surface area (Å²) in [6.07, 6.45) is 2.96. The third kappa shape index (κ3) is 1.83. The topological polar surface area (TPSA) is 22.1 Å². The van der Waals surface area contributed by atoms with Gasteiger partial charge in [-0.3, -0.25) is 0 Å². The Balaban J connectivity index is 3.02. The van der Waals surface area contributed by atoms with Gasteiger partial charge in [0.25, 0.3) is 0 Å². The molecule has 0 atom stereocenters. The second-order valence-electron chi connectivity index (χ2n) is 1.86. The van der Waals surface area contributed by atoms with Crippen molar-refractivity contribution in [1.29, 1.82) is 0 Å². The van der Waals surface area contributed by atoms with Crippen LogP contribution in [0.4, 0.5) is 4.39 Å². The molecule has 0 bridgehead atoms. The van der Waals surface area contributed by atoms with E-state index in [0.29, 0.717) is 10.8 Å². The lowest BCUT2D eigenvalue weighted by atomic mass is 10.5. The Morgan fingerprint density at radius 3 is 2.91 bits per heavy atom. The molecular formula is C7H8FNOS. The lowest BCUT2D eigenvalue weighted by Gasteiger charge is -2.00. The van der Waals surface area contributed by atoms with Gasteiger partial charge in [-0.1, -0.05) is 0 Å². The Kier molecular flexibility index (Phi) is 2.70. The number of rotatable bonds is 2. The SMILES string of the molecule is COc1cc(SC)c(F)cn1. The van der Waals surface area contributed by atoms with E-state index in [-0.39, 0.29) is 5.82 Å². The fraction of sp³-hybridized carbons (Fsp3) is 0.286. The molecule has 0 saturated heterocycles.